The molecule has 0 fully saturated rings. The van der Waals surface area contributed by atoms with Crippen molar-refractivity contribution in [2.75, 3.05) is 11.6 Å². The highest BCUT2D eigenvalue weighted by molar-refractivity contribution is 7.90. The molecule has 0 atom stereocenters. The van der Waals surface area contributed by atoms with E-state index in [1.165, 1.54) is 28.2 Å². The van der Waals surface area contributed by atoms with Gasteiger partial charge < -0.3 is 9.88 Å². The summed E-state index contributed by atoms with van der Waals surface area (Å²) in [5, 5.41) is 3.55. The number of nitrogens with zero attached hydrogens (tertiary/aromatic N) is 2. The number of nitrogens with one attached hydrogen (secondary N) is 1. The maximum Gasteiger partial charge on any atom is 0.268 e. The molecule has 0 bridgehead atoms. The molecule has 1 N–H and O–H groups in total. The zero-order chi connectivity index (χ0) is 27.2. The first-order valence-electron chi connectivity index (χ1n) is 11.7. The number of aryl methyl sites for hydroxylation is 1. The maximum absolute atomic E-state index is 13.5. The summed E-state index contributed by atoms with van der Waals surface area (Å²) in [7, 11) is -5.40. The standard InChI is InChI=1S/C28H25N3O5S2/c1-19-24(28(32)29-20-13-15-21(16-14-20)37(3,33)34)17-30(2)27(19)25-18-31(26-12-8-7-11-23(25)26)38(35,36)22-9-5-4-6-10-22/h4-18H,1-3H3,(H,29,32). The second kappa shape index (κ2) is 9.30. The maximum atomic E-state index is 13.5. The summed E-state index contributed by atoms with van der Waals surface area (Å²) in [5.41, 5.74) is 3.47. The Morgan fingerprint density at radius 1 is 0.789 bits per heavy atom. The third-order valence-electron chi connectivity index (χ3n) is 6.45. The minimum atomic E-state index is -3.86. The lowest BCUT2D eigenvalue weighted by Gasteiger charge is -2.07. The number of benzene rings is 3. The van der Waals surface area contributed by atoms with Crippen LogP contribution in [0.15, 0.2) is 101 Å². The van der Waals surface area contributed by atoms with E-state index in [2.05, 4.69) is 5.32 Å². The molecule has 0 spiro atoms. The van der Waals surface area contributed by atoms with Gasteiger partial charge in [-0.15, -0.1) is 0 Å². The lowest BCUT2D eigenvalue weighted by molar-refractivity contribution is 0.102. The summed E-state index contributed by atoms with van der Waals surface area (Å²) in [4.78, 5) is 13.5. The summed E-state index contributed by atoms with van der Waals surface area (Å²) in [5.74, 6) is -0.364. The van der Waals surface area contributed by atoms with E-state index < -0.39 is 19.9 Å². The van der Waals surface area contributed by atoms with Crippen LogP contribution in [-0.4, -0.2) is 37.5 Å². The zero-order valence-corrected chi connectivity index (χ0v) is 22.5. The first-order valence-corrected chi connectivity index (χ1v) is 15.0. The molecule has 5 aromatic rings. The Hall–Kier alpha value is -4.15. The predicted molar refractivity (Wildman–Crippen MR) is 148 cm³/mol. The van der Waals surface area contributed by atoms with Crippen molar-refractivity contribution in [1.29, 1.82) is 0 Å². The Morgan fingerprint density at radius 2 is 1.42 bits per heavy atom. The van der Waals surface area contributed by atoms with Gasteiger partial charge in [0, 0.05) is 42.3 Å². The van der Waals surface area contributed by atoms with E-state index in [1.807, 2.05) is 19.1 Å². The minimum absolute atomic E-state index is 0.163. The molecule has 0 aliphatic rings. The van der Waals surface area contributed by atoms with Crippen LogP contribution in [0.5, 0.6) is 0 Å². The van der Waals surface area contributed by atoms with E-state index in [9.17, 15) is 21.6 Å². The minimum Gasteiger partial charge on any atom is -0.349 e. The highest BCUT2D eigenvalue weighted by atomic mass is 32.2. The number of amides is 1. The average molecular weight is 548 g/mol. The van der Waals surface area contributed by atoms with E-state index in [0.717, 1.165) is 11.6 Å². The first-order chi connectivity index (χ1) is 18.0. The highest BCUT2D eigenvalue weighted by Gasteiger charge is 2.25. The van der Waals surface area contributed by atoms with Gasteiger partial charge in [0.15, 0.2) is 9.84 Å². The summed E-state index contributed by atoms with van der Waals surface area (Å²) in [6.45, 7) is 1.81. The number of sulfone groups is 1. The van der Waals surface area contributed by atoms with Crippen LogP contribution in [0.4, 0.5) is 5.69 Å². The zero-order valence-electron chi connectivity index (χ0n) is 20.9. The third-order valence-corrected chi connectivity index (χ3v) is 9.27. The van der Waals surface area contributed by atoms with Crippen LogP contribution < -0.4 is 5.32 Å². The number of carbonyl (C=O) groups excluding carboxylic acids is 1. The van der Waals surface area contributed by atoms with Gasteiger partial charge in [-0.3, -0.25) is 4.79 Å². The monoisotopic (exact) mass is 547 g/mol. The van der Waals surface area contributed by atoms with E-state index in [0.29, 0.717) is 33.6 Å². The topological polar surface area (TPSA) is 107 Å². The molecule has 10 heteroatoms. The van der Waals surface area contributed by atoms with Gasteiger partial charge in [0.1, 0.15) is 0 Å². The molecule has 194 valence electrons. The number of para-hydroxylation sites is 1. The number of aromatic nitrogens is 2. The lowest BCUT2D eigenvalue weighted by atomic mass is 10.0. The normalized spacial score (nSPS) is 12.1. The predicted octanol–water partition coefficient (Wildman–Crippen LogP) is 4.85. The van der Waals surface area contributed by atoms with Crippen molar-refractivity contribution in [2.45, 2.75) is 16.7 Å². The molecule has 5 rings (SSSR count). The molecule has 2 heterocycles. The van der Waals surface area contributed by atoms with E-state index in [4.69, 9.17) is 0 Å². The number of rotatable bonds is 6. The van der Waals surface area contributed by atoms with Crippen LogP contribution in [0, 0.1) is 6.92 Å². The molecule has 0 unspecified atom stereocenters. The molecule has 0 aliphatic heterocycles. The summed E-state index contributed by atoms with van der Waals surface area (Å²) in [6.07, 6.45) is 4.42. The summed E-state index contributed by atoms with van der Waals surface area (Å²) in [6, 6.07) is 21.4. The van der Waals surface area contributed by atoms with Gasteiger partial charge in [0.25, 0.3) is 15.9 Å². The van der Waals surface area contributed by atoms with Crippen molar-refractivity contribution < 1.29 is 21.6 Å². The second-order valence-corrected chi connectivity index (χ2v) is 12.9. The molecule has 2 aromatic heterocycles. The fourth-order valence-corrected chi connectivity index (χ4v) is 6.62. The lowest BCUT2D eigenvalue weighted by Crippen LogP contribution is -2.12. The first kappa shape index (κ1) is 25.5. The number of fused-ring (bicyclic) bond motifs is 1. The quantitative estimate of drug-likeness (QED) is 0.327. The van der Waals surface area contributed by atoms with Crippen LogP contribution in [-0.2, 0) is 26.9 Å². The van der Waals surface area contributed by atoms with Crippen molar-refractivity contribution in [2.24, 2.45) is 7.05 Å². The molecule has 38 heavy (non-hydrogen) atoms. The SMILES string of the molecule is Cc1c(C(=O)Nc2ccc(S(C)(=O)=O)cc2)cn(C)c1-c1cn(S(=O)(=O)c2ccccc2)c2ccccc12. The summed E-state index contributed by atoms with van der Waals surface area (Å²) < 4.78 is 53.6. The van der Waals surface area contributed by atoms with Crippen LogP contribution in [0.3, 0.4) is 0 Å². The van der Waals surface area contributed by atoms with Gasteiger partial charge >= 0.3 is 0 Å². The number of hydrogen-bond acceptors (Lipinski definition) is 5. The fraction of sp³-hybridized carbons (Fsp3) is 0.107. The Balaban J connectivity index is 1.57. The van der Waals surface area contributed by atoms with Crippen molar-refractivity contribution in [3.63, 3.8) is 0 Å². The molecule has 0 aliphatic carbocycles. The molecule has 3 aromatic carbocycles. The molecule has 0 saturated carbocycles. The van der Waals surface area contributed by atoms with Crippen molar-refractivity contribution >= 4 is 42.4 Å². The Labute approximate surface area is 221 Å². The van der Waals surface area contributed by atoms with Gasteiger partial charge in [0.2, 0.25) is 0 Å². The van der Waals surface area contributed by atoms with Crippen molar-refractivity contribution in [1.82, 2.24) is 8.54 Å². The highest BCUT2D eigenvalue weighted by Crippen LogP contribution is 2.36. The van der Waals surface area contributed by atoms with Crippen LogP contribution in [0.1, 0.15) is 15.9 Å². The molecule has 0 radical (unpaired) electrons. The Bertz CT molecular complexity index is 1900. The van der Waals surface area contributed by atoms with Crippen molar-refractivity contribution in [3.8, 4) is 11.3 Å². The molecular weight excluding hydrogens is 522 g/mol. The summed E-state index contributed by atoms with van der Waals surface area (Å²) >= 11 is 0. The van der Waals surface area contributed by atoms with Gasteiger partial charge in [-0.05, 0) is 55.0 Å². The van der Waals surface area contributed by atoms with Crippen LogP contribution in [0.2, 0.25) is 0 Å². The smallest absolute Gasteiger partial charge is 0.268 e. The van der Waals surface area contributed by atoms with E-state index in [-0.39, 0.29) is 15.7 Å². The Kier molecular flexibility index (Phi) is 6.24. The van der Waals surface area contributed by atoms with E-state index >= 15 is 0 Å². The van der Waals surface area contributed by atoms with Gasteiger partial charge in [-0.2, -0.15) is 0 Å². The molecule has 8 nitrogen and oxygen atoms in total. The largest absolute Gasteiger partial charge is 0.349 e. The molecular formula is C28H25N3O5S2. The number of hydrogen-bond donors (Lipinski definition) is 1. The number of carbonyl (C=O) groups is 1. The van der Waals surface area contributed by atoms with Crippen LogP contribution in [0.25, 0.3) is 22.2 Å². The van der Waals surface area contributed by atoms with Gasteiger partial charge in [-0.1, -0.05) is 36.4 Å². The van der Waals surface area contributed by atoms with Crippen LogP contribution >= 0.6 is 0 Å². The third kappa shape index (κ3) is 4.42. The second-order valence-electron chi connectivity index (χ2n) is 9.05. The van der Waals surface area contributed by atoms with E-state index in [1.54, 1.807) is 66.5 Å². The van der Waals surface area contributed by atoms with Gasteiger partial charge in [0.05, 0.1) is 26.6 Å². The fourth-order valence-electron chi connectivity index (χ4n) is 4.60. The molecule has 0 saturated heterocycles. The van der Waals surface area contributed by atoms with Crippen molar-refractivity contribution in [3.05, 3.63) is 102 Å². The average Bonchev–Trinajstić information content (AvgIpc) is 3.41. The molecule has 1 amide bonds. The Morgan fingerprint density at radius 3 is 2.08 bits per heavy atom. The van der Waals surface area contributed by atoms with Gasteiger partial charge in [-0.25, -0.2) is 20.8 Å². The number of anilines is 1.